The molecule has 27 heavy (non-hydrogen) atoms. The Morgan fingerprint density at radius 3 is 2.85 bits per heavy atom. The molecule has 0 saturated carbocycles. The van der Waals surface area contributed by atoms with Crippen molar-refractivity contribution in [3.8, 4) is 5.75 Å². The largest absolute Gasteiger partial charge is 0.464 e. The van der Waals surface area contributed by atoms with Crippen molar-refractivity contribution in [3.63, 3.8) is 0 Å². The van der Waals surface area contributed by atoms with Crippen molar-refractivity contribution in [2.75, 3.05) is 11.9 Å². The van der Waals surface area contributed by atoms with Gasteiger partial charge in [-0.3, -0.25) is 4.79 Å². The van der Waals surface area contributed by atoms with E-state index in [9.17, 15) is 9.59 Å². The maximum atomic E-state index is 12.6. The number of carbonyl (C=O) groups is 2. The summed E-state index contributed by atoms with van der Waals surface area (Å²) in [6.45, 7) is 2.28. The molecule has 2 aromatic carbocycles. The van der Waals surface area contributed by atoms with Gasteiger partial charge in [0.15, 0.2) is 0 Å². The van der Waals surface area contributed by atoms with Crippen LogP contribution in [0.25, 0.3) is 6.08 Å². The van der Waals surface area contributed by atoms with Crippen molar-refractivity contribution in [3.05, 3.63) is 76.5 Å². The Morgan fingerprint density at radius 2 is 2.04 bits per heavy atom. The molecule has 0 aromatic heterocycles. The molecule has 1 aliphatic heterocycles. The minimum absolute atomic E-state index is 0.332. The predicted molar refractivity (Wildman–Crippen MR) is 105 cm³/mol. The molecule has 1 aliphatic rings. The van der Waals surface area contributed by atoms with Crippen LogP contribution in [0.4, 0.5) is 5.69 Å². The van der Waals surface area contributed by atoms with Gasteiger partial charge >= 0.3 is 5.97 Å². The van der Waals surface area contributed by atoms with Gasteiger partial charge in [0, 0.05) is 21.8 Å². The van der Waals surface area contributed by atoms with Crippen LogP contribution in [0.15, 0.2) is 60.4 Å². The van der Waals surface area contributed by atoms with E-state index in [1.54, 1.807) is 54.6 Å². The number of benzene rings is 2. The first-order valence-corrected chi connectivity index (χ1v) is 8.87. The van der Waals surface area contributed by atoms with Crippen molar-refractivity contribution < 1.29 is 19.1 Å². The Labute approximate surface area is 162 Å². The molecule has 0 radical (unpaired) electrons. The van der Waals surface area contributed by atoms with Gasteiger partial charge in [0.1, 0.15) is 5.75 Å². The molecule has 3 rings (SSSR count). The van der Waals surface area contributed by atoms with Gasteiger partial charge in [0.2, 0.25) is 0 Å². The number of fused-ring (bicyclic) bond motifs is 1. The smallest absolute Gasteiger partial charge is 0.338 e. The molecular weight excluding hydrogens is 366 g/mol. The number of hydrogen-bond acceptors (Lipinski definition) is 4. The maximum absolute atomic E-state index is 12.6. The van der Waals surface area contributed by atoms with Gasteiger partial charge < -0.3 is 14.8 Å². The molecule has 0 aliphatic carbocycles. The van der Waals surface area contributed by atoms with Gasteiger partial charge in [-0.2, -0.15) is 0 Å². The SMILES string of the molecule is CCCOC(=O)c1cccc(NC(=O)C2=Cc3cc(Cl)ccc3OC=C2)c1. The third kappa shape index (κ3) is 4.77. The molecular formula is C21H18ClNO4. The fraction of sp³-hybridized carbons (Fsp3) is 0.143. The quantitative estimate of drug-likeness (QED) is 0.750. The van der Waals surface area contributed by atoms with Crippen LogP contribution in [0, 0.1) is 0 Å². The molecule has 2 aromatic rings. The van der Waals surface area contributed by atoms with Crippen molar-refractivity contribution in [2.45, 2.75) is 13.3 Å². The summed E-state index contributed by atoms with van der Waals surface area (Å²) in [6.07, 6.45) is 5.46. The van der Waals surface area contributed by atoms with E-state index in [-0.39, 0.29) is 5.91 Å². The average molecular weight is 384 g/mol. The fourth-order valence-corrected chi connectivity index (χ4v) is 2.66. The van der Waals surface area contributed by atoms with Gasteiger partial charge in [-0.05, 0) is 55.0 Å². The highest BCUT2D eigenvalue weighted by Gasteiger charge is 2.14. The van der Waals surface area contributed by atoms with Crippen LogP contribution in [0.5, 0.6) is 5.75 Å². The van der Waals surface area contributed by atoms with E-state index in [1.165, 1.54) is 6.26 Å². The Morgan fingerprint density at radius 1 is 1.19 bits per heavy atom. The number of rotatable bonds is 5. The number of carbonyl (C=O) groups excluding carboxylic acids is 2. The van der Waals surface area contributed by atoms with Crippen LogP contribution in [0.3, 0.4) is 0 Å². The minimum atomic E-state index is -0.418. The lowest BCUT2D eigenvalue weighted by atomic mass is 10.1. The topological polar surface area (TPSA) is 64.6 Å². The number of anilines is 1. The predicted octanol–water partition coefficient (Wildman–Crippen LogP) is 4.84. The number of amides is 1. The molecule has 6 heteroatoms. The number of nitrogens with one attached hydrogen (secondary N) is 1. The lowest BCUT2D eigenvalue weighted by molar-refractivity contribution is -0.112. The number of esters is 1. The van der Waals surface area contributed by atoms with Crippen LogP contribution in [-0.2, 0) is 9.53 Å². The van der Waals surface area contributed by atoms with Crippen molar-refractivity contribution in [1.29, 1.82) is 0 Å². The van der Waals surface area contributed by atoms with Crippen LogP contribution in [0.1, 0.15) is 29.3 Å². The summed E-state index contributed by atoms with van der Waals surface area (Å²) < 4.78 is 10.6. The first kappa shape index (κ1) is 18.7. The van der Waals surface area contributed by atoms with Crippen molar-refractivity contribution in [1.82, 2.24) is 0 Å². The zero-order valence-electron chi connectivity index (χ0n) is 14.7. The molecule has 1 N–H and O–H groups in total. The highest BCUT2D eigenvalue weighted by molar-refractivity contribution is 6.30. The highest BCUT2D eigenvalue weighted by atomic mass is 35.5. The van der Waals surface area contributed by atoms with Crippen molar-refractivity contribution in [2.24, 2.45) is 0 Å². The van der Waals surface area contributed by atoms with E-state index in [4.69, 9.17) is 21.1 Å². The molecule has 0 saturated heterocycles. The van der Waals surface area contributed by atoms with E-state index in [0.717, 1.165) is 6.42 Å². The van der Waals surface area contributed by atoms with Gasteiger partial charge in [-0.15, -0.1) is 0 Å². The molecule has 0 spiro atoms. The van der Waals surface area contributed by atoms with E-state index in [1.807, 2.05) is 6.92 Å². The van der Waals surface area contributed by atoms with Gasteiger partial charge in [-0.25, -0.2) is 4.79 Å². The number of hydrogen-bond donors (Lipinski definition) is 1. The normalized spacial score (nSPS) is 12.3. The molecule has 138 valence electrons. The van der Waals surface area contributed by atoms with Crippen LogP contribution in [0.2, 0.25) is 5.02 Å². The Balaban J connectivity index is 1.78. The van der Waals surface area contributed by atoms with Gasteiger partial charge in [-0.1, -0.05) is 24.6 Å². The molecule has 0 unspecified atom stereocenters. The Hall–Kier alpha value is -3.05. The Kier molecular flexibility index (Phi) is 5.94. The molecule has 5 nitrogen and oxygen atoms in total. The average Bonchev–Trinajstić information content (AvgIpc) is 2.88. The molecule has 0 bridgehead atoms. The van der Waals surface area contributed by atoms with Gasteiger partial charge in [0.05, 0.1) is 18.4 Å². The summed E-state index contributed by atoms with van der Waals surface area (Å²) in [7, 11) is 0. The van der Waals surface area contributed by atoms with E-state index < -0.39 is 5.97 Å². The number of halogens is 1. The van der Waals surface area contributed by atoms with Crippen molar-refractivity contribution >= 4 is 35.2 Å². The van der Waals surface area contributed by atoms with Crippen LogP contribution in [-0.4, -0.2) is 18.5 Å². The molecule has 1 heterocycles. The molecule has 0 atom stereocenters. The standard InChI is InChI=1S/C21H18ClNO4/c1-2-9-27-21(25)15-4-3-5-18(13-15)23-20(24)14-8-10-26-19-7-6-17(22)12-16(19)11-14/h3-8,10-13H,2,9H2,1H3,(H,23,24). The van der Waals surface area contributed by atoms with Crippen LogP contribution < -0.4 is 10.1 Å². The minimum Gasteiger partial charge on any atom is -0.464 e. The zero-order chi connectivity index (χ0) is 19.2. The van der Waals surface area contributed by atoms with E-state index >= 15 is 0 Å². The summed E-state index contributed by atoms with van der Waals surface area (Å²) in [5.41, 5.74) is 1.98. The second kappa shape index (κ2) is 8.56. The first-order chi connectivity index (χ1) is 13.1. The monoisotopic (exact) mass is 383 g/mol. The van der Waals surface area contributed by atoms with E-state index in [0.29, 0.717) is 39.8 Å². The summed E-state index contributed by atoms with van der Waals surface area (Å²) in [4.78, 5) is 24.6. The second-order valence-electron chi connectivity index (χ2n) is 5.87. The highest BCUT2D eigenvalue weighted by Crippen LogP contribution is 2.28. The lowest BCUT2D eigenvalue weighted by Crippen LogP contribution is -2.14. The molecule has 0 fully saturated rings. The van der Waals surface area contributed by atoms with Gasteiger partial charge in [0.25, 0.3) is 5.91 Å². The fourth-order valence-electron chi connectivity index (χ4n) is 2.48. The number of ether oxygens (including phenoxy) is 2. The summed E-state index contributed by atoms with van der Waals surface area (Å²) in [5.74, 6) is -0.139. The lowest BCUT2D eigenvalue weighted by Gasteiger charge is -2.08. The summed E-state index contributed by atoms with van der Waals surface area (Å²) in [5, 5.41) is 3.33. The first-order valence-electron chi connectivity index (χ1n) is 8.50. The summed E-state index contributed by atoms with van der Waals surface area (Å²) in [6, 6.07) is 11.8. The third-order valence-corrected chi connectivity index (χ3v) is 4.02. The summed E-state index contributed by atoms with van der Waals surface area (Å²) >= 11 is 6.02. The van der Waals surface area contributed by atoms with Crippen LogP contribution >= 0.6 is 11.6 Å². The second-order valence-corrected chi connectivity index (χ2v) is 6.31. The maximum Gasteiger partial charge on any atom is 0.338 e. The Bertz CT molecular complexity index is 934. The molecule has 1 amide bonds. The zero-order valence-corrected chi connectivity index (χ0v) is 15.5. The van der Waals surface area contributed by atoms with E-state index in [2.05, 4.69) is 5.32 Å². The third-order valence-electron chi connectivity index (χ3n) is 3.78.